The highest BCUT2D eigenvalue weighted by atomic mass is 16.3. The molecule has 0 atom stereocenters. The van der Waals surface area contributed by atoms with E-state index in [1.165, 1.54) is 11.1 Å². The molecule has 66 valence electrons. The van der Waals surface area contributed by atoms with Gasteiger partial charge in [-0.1, -0.05) is 0 Å². The zero-order chi connectivity index (χ0) is 8.72. The highest BCUT2D eigenvalue weighted by Gasteiger charge is 2.24. The first-order valence-electron chi connectivity index (χ1n) is 4.21. The molecule has 0 bridgehead atoms. The number of hydrogen-bond donors (Lipinski definition) is 1. The normalized spacial score (nSPS) is 16.9. The maximum absolute atomic E-state index is 5.64. The summed E-state index contributed by atoms with van der Waals surface area (Å²) in [7, 11) is 2.09. The molecule has 0 unspecified atom stereocenters. The first-order valence-corrected chi connectivity index (χ1v) is 4.21. The fourth-order valence-electron chi connectivity index (χ4n) is 1.84. The lowest BCUT2D eigenvalue weighted by Crippen LogP contribution is -2.09. The van der Waals surface area contributed by atoms with Gasteiger partial charge in [0.15, 0.2) is 0 Å². The summed E-state index contributed by atoms with van der Waals surface area (Å²) >= 11 is 0. The van der Waals surface area contributed by atoms with E-state index in [9.17, 15) is 0 Å². The van der Waals surface area contributed by atoms with E-state index in [0.717, 1.165) is 24.6 Å². The van der Waals surface area contributed by atoms with Crippen LogP contribution in [0.5, 0.6) is 0 Å². The van der Waals surface area contributed by atoms with Gasteiger partial charge in [0.25, 0.3) is 0 Å². The van der Waals surface area contributed by atoms with E-state index in [1.807, 2.05) is 6.92 Å². The number of hydrogen-bond acceptors (Lipinski definition) is 3. The van der Waals surface area contributed by atoms with Gasteiger partial charge >= 0.3 is 0 Å². The Balaban J connectivity index is 2.44. The van der Waals surface area contributed by atoms with Crippen LogP contribution in [0.2, 0.25) is 0 Å². The minimum atomic E-state index is 0.596. The fourth-order valence-corrected chi connectivity index (χ4v) is 1.84. The number of nitrogens with zero attached hydrogens (tertiary/aromatic N) is 1. The van der Waals surface area contributed by atoms with Crippen molar-refractivity contribution in [3.8, 4) is 0 Å². The Hall–Kier alpha value is -0.800. The van der Waals surface area contributed by atoms with E-state index in [2.05, 4.69) is 11.9 Å². The molecule has 3 nitrogen and oxygen atoms in total. The Bertz CT molecular complexity index is 304. The lowest BCUT2D eigenvalue weighted by molar-refractivity contribution is 0.323. The summed E-state index contributed by atoms with van der Waals surface area (Å²) in [6.07, 6.45) is 0. The largest absolute Gasteiger partial charge is 0.464 e. The second-order valence-corrected chi connectivity index (χ2v) is 3.41. The van der Waals surface area contributed by atoms with Crippen LogP contribution in [0, 0.1) is 6.92 Å². The van der Waals surface area contributed by atoms with Crippen molar-refractivity contribution in [2.24, 2.45) is 5.73 Å². The van der Waals surface area contributed by atoms with Gasteiger partial charge in [-0.3, -0.25) is 4.90 Å². The smallest absolute Gasteiger partial charge is 0.122 e. The van der Waals surface area contributed by atoms with Gasteiger partial charge in [0.05, 0.1) is 6.54 Å². The van der Waals surface area contributed by atoms with Crippen molar-refractivity contribution in [2.45, 2.75) is 26.6 Å². The summed E-state index contributed by atoms with van der Waals surface area (Å²) in [5.74, 6) is 2.10. The maximum atomic E-state index is 5.64. The molecule has 2 N–H and O–H groups in total. The van der Waals surface area contributed by atoms with Crippen molar-refractivity contribution in [1.29, 1.82) is 0 Å². The Morgan fingerprint density at radius 1 is 1.50 bits per heavy atom. The first kappa shape index (κ1) is 7.83. The van der Waals surface area contributed by atoms with Crippen LogP contribution in [0.4, 0.5) is 0 Å². The van der Waals surface area contributed by atoms with E-state index in [4.69, 9.17) is 10.2 Å². The van der Waals surface area contributed by atoms with E-state index < -0.39 is 0 Å². The molecule has 0 saturated carbocycles. The molecular formula is C9H14N2O. The lowest BCUT2D eigenvalue weighted by atomic mass is 10.1. The van der Waals surface area contributed by atoms with Crippen LogP contribution in [-0.4, -0.2) is 11.9 Å². The molecule has 0 saturated heterocycles. The summed E-state index contributed by atoms with van der Waals surface area (Å²) in [4.78, 5) is 2.23. The molecule has 3 heteroatoms. The summed E-state index contributed by atoms with van der Waals surface area (Å²) < 4.78 is 5.60. The van der Waals surface area contributed by atoms with Gasteiger partial charge in [-0.05, 0) is 14.0 Å². The second-order valence-electron chi connectivity index (χ2n) is 3.41. The van der Waals surface area contributed by atoms with Crippen molar-refractivity contribution in [3.05, 3.63) is 22.6 Å². The van der Waals surface area contributed by atoms with E-state index in [0.29, 0.717) is 6.54 Å². The molecule has 0 spiro atoms. The zero-order valence-corrected chi connectivity index (χ0v) is 7.55. The number of fused-ring (bicyclic) bond motifs is 1. The van der Waals surface area contributed by atoms with Gasteiger partial charge in [0, 0.05) is 24.2 Å². The molecule has 2 heterocycles. The van der Waals surface area contributed by atoms with Gasteiger partial charge in [0.2, 0.25) is 0 Å². The molecule has 0 aliphatic carbocycles. The Morgan fingerprint density at radius 2 is 2.25 bits per heavy atom. The third kappa shape index (κ3) is 0.974. The number of nitrogens with two attached hydrogens (primary N) is 1. The minimum Gasteiger partial charge on any atom is -0.464 e. The fraction of sp³-hybridized carbons (Fsp3) is 0.556. The molecule has 1 aromatic rings. The quantitative estimate of drug-likeness (QED) is 0.676. The van der Waals surface area contributed by atoms with Crippen molar-refractivity contribution < 1.29 is 4.42 Å². The van der Waals surface area contributed by atoms with Crippen LogP contribution >= 0.6 is 0 Å². The average Bonchev–Trinajstić information content (AvgIpc) is 2.43. The van der Waals surface area contributed by atoms with E-state index >= 15 is 0 Å². The van der Waals surface area contributed by atoms with Gasteiger partial charge < -0.3 is 10.2 Å². The molecule has 0 fully saturated rings. The average molecular weight is 166 g/mol. The standard InChI is InChI=1S/C9H14N2O/c1-6-7(3-10)8-4-11(2)5-9(8)12-6/h3-5,10H2,1-2H3. The third-order valence-corrected chi connectivity index (χ3v) is 2.45. The van der Waals surface area contributed by atoms with Crippen LogP contribution in [0.1, 0.15) is 22.6 Å². The van der Waals surface area contributed by atoms with E-state index in [-0.39, 0.29) is 0 Å². The molecule has 1 aliphatic rings. The van der Waals surface area contributed by atoms with Crippen LogP contribution in [0.3, 0.4) is 0 Å². The summed E-state index contributed by atoms with van der Waals surface area (Å²) in [6.45, 7) is 4.49. The Labute approximate surface area is 72.1 Å². The molecule has 1 aromatic heterocycles. The highest BCUT2D eigenvalue weighted by molar-refractivity contribution is 5.35. The van der Waals surface area contributed by atoms with Crippen molar-refractivity contribution in [2.75, 3.05) is 7.05 Å². The van der Waals surface area contributed by atoms with Crippen molar-refractivity contribution >= 4 is 0 Å². The highest BCUT2D eigenvalue weighted by Crippen LogP contribution is 2.29. The zero-order valence-electron chi connectivity index (χ0n) is 7.55. The molecule has 12 heavy (non-hydrogen) atoms. The van der Waals surface area contributed by atoms with Gasteiger partial charge in [-0.15, -0.1) is 0 Å². The maximum Gasteiger partial charge on any atom is 0.122 e. The molecule has 0 amide bonds. The topological polar surface area (TPSA) is 42.4 Å². The van der Waals surface area contributed by atoms with Crippen LogP contribution in [-0.2, 0) is 19.6 Å². The second kappa shape index (κ2) is 2.61. The van der Waals surface area contributed by atoms with Gasteiger partial charge in [-0.2, -0.15) is 0 Å². The Morgan fingerprint density at radius 3 is 2.92 bits per heavy atom. The molecule has 0 radical (unpaired) electrons. The predicted molar refractivity (Wildman–Crippen MR) is 46.5 cm³/mol. The Kier molecular flexibility index (Phi) is 1.70. The number of furan rings is 1. The van der Waals surface area contributed by atoms with Crippen molar-refractivity contribution in [3.63, 3.8) is 0 Å². The molecule has 0 aromatic carbocycles. The summed E-state index contributed by atoms with van der Waals surface area (Å²) in [5, 5.41) is 0. The van der Waals surface area contributed by atoms with Crippen molar-refractivity contribution in [1.82, 2.24) is 4.90 Å². The molecule has 2 rings (SSSR count). The SMILES string of the molecule is Cc1oc2c(c1CN)CN(C)C2. The summed E-state index contributed by atoms with van der Waals surface area (Å²) in [6, 6.07) is 0. The van der Waals surface area contributed by atoms with Crippen LogP contribution in [0.15, 0.2) is 4.42 Å². The summed E-state index contributed by atoms with van der Waals surface area (Å²) in [5.41, 5.74) is 8.16. The monoisotopic (exact) mass is 166 g/mol. The van der Waals surface area contributed by atoms with E-state index in [1.54, 1.807) is 0 Å². The van der Waals surface area contributed by atoms with Gasteiger partial charge in [0.1, 0.15) is 11.5 Å². The molecular weight excluding hydrogens is 152 g/mol. The molecule has 1 aliphatic heterocycles. The lowest BCUT2D eigenvalue weighted by Gasteiger charge is -2.05. The third-order valence-electron chi connectivity index (χ3n) is 2.45. The van der Waals surface area contributed by atoms with Gasteiger partial charge in [-0.25, -0.2) is 0 Å². The van der Waals surface area contributed by atoms with Crippen LogP contribution < -0.4 is 5.73 Å². The van der Waals surface area contributed by atoms with Crippen LogP contribution in [0.25, 0.3) is 0 Å². The minimum absolute atomic E-state index is 0.596. The first-order chi connectivity index (χ1) is 5.72. The predicted octanol–water partition coefficient (Wildman–Crippen LogP) is 0.992. The number of aryl methyl sites for hydroxylation is 1. The number of rotatable bonds is 1.